The standard InChI is InChI=1S/C11H12F4O2/c1-17-5-4-10(16)7-2-3-8(9(12)6-7)11(13,14)15/h2-3,6,10,16H,4-5H2,1H3. The molecule has 1 aromatic carbocycles. The summed E-state index contributed by atoms with van der Waals surface area (Å²) in [7, 11) is 1.43. The van der Waals surface area contributed by atoms with E-state index in [1.165, 1.54) is 7.11 Å². The van der Waals surface area contributed by atoms with Crippen LogP contribution in [0.1, 0.15) is 23.7 Å². The number of rotatable bonds is 4. The lowest BCUT2D eigenvalue weighted by molar-refractivity contribution is -0.140. The van der Waals surface area contributed by atoms with Gasteiger partial charge >= 0.3 is 6.18 Å². The van der Waals surface area contributed by atoms with E-state index in [4.69, 9.17) is 4.74 Å². The molecule has 0 fully saturated rings. The summed E-state index contributed by atoms with van der Waals surface area (Å²) in [4.78, 5) is 0. The normalized spacial score (nSPS) is 13.8. The summed E-state index contributed by atoms with van der Waals surface area (Å²) in [5, 5.41) is 9.54. The van der Waals surface area contributed by atoms with Gasteiger partial charge in [-0.15, -0.1) is 0 Å². The first-order valence-electron chi connectivity index (χ1n) is 4.90. The molecule has 1 N–H and O–H groups in total. The zero-order chi connectivity index (χ0) is 13.1. The summed E-state index contributed by atoms with van der Waals surface area (Å²) in [6.07, 6.45) is -5.56. The Morgan fingerprint density at radius 2 is 2.00 bits per heavy atom. The summed E-state index contributed by atoms with van der Waals surface area (Å²) < 4.78 is 54.7. The maximum Gasteiger partial charge on any atom is 0.419 e. The Hall–Kier alpha value is -1.14. The van der Waals surface area contributed by atoms with Crippen LogP contribution in [0.4, 0.5) is 17.6 Å². The number of benzene rings is 1. The third-order valence-corrected chi connectivity index (χ3v) is 2.28. The van der Waals surface area contributed by atoms with Crippen molar-refractivity contribution in [3.8, 4) is 0 Å². The molecule has 96 valence electrons. The fourth-order valence-electron chi connectivity index (χ4n) is 1.36. The molecule has 2 nitrogen and oxygen atoms in total. The van der Waals surface area contributed by atoms with Gasteiger partial charge < -0.3 is 9.84 Å². The molecule has 0 radical (unpaired) electrons. The van der Waals surface area contributed by atoms with Gasteiger partial charge in [-0.2, -0.15) is 13.2 Å². The lowest BCUT2D eigenvalue weighted by atomic mass is 10.0. The Kier molecular flexibility index (Phi) is 4.47. The third-order valence-electron chi connectivity index (χ3n) is 2.28. The van der Waals surface area contributed by atoms with E-state index in [-0.39, 0.29) is 18.6 Å². The van der Waals surface area contributed by atoms with Gasteiger partial charge in [-0.1, -0.05) is 6.07 Å². The van der Waals surface area contributed by atoms with Gasteiger partial charge in [0.15, 0.2) is 0 Å². The minimum Gasteiger partial charge on any atom is -0.388 e. The van der Waals surface area contributed by atoms with Gasteiger partial charge in [0, 0.05) is 20.1 Å². The van der Waals surface area contributed by atoms with Gasteiger partial charge in [-0.05, 0) is 17.7 Å². The molecule has 0 saturated heterocycles. The molecule has 6 heteroatoms. The topological polar surface area (TPSA) is 29.5 Å². The number of aliphatic hydroxyl groups is 1. The van der Waals surface area contributed by atoms with Crippen molar-refractivity contribution < 1.29 is 27.4 Å². The van der Waals surface area contributed by atoms with Crippen LogP contribution >= 0.6 is 0 Å². The molecule has 0 aliphatic carbocycles. The first-order chi connectivity index (χ1) is 7.86. The molecule has 1 atom stereocenters. The van der Waals surface area contributed by atoms with Crippen molar-refractivity contribution in [1.29, 1.82) is 0 Å². The molecule has 0 bridgehead atoms. The van der Waals surface area contributed by atoms with E-state index in [1.54, 1.807) is 0 Å². The lowest BCUT2D eigenvalue weighted by Gasteiger charge is -2.13. The number of aliphatic hydroxyl groups excluding tert-OH is 1. The van der Waals surface area contributed by atoms with Crippen molar-refractivity contribution in [3.63, 3.8) is 0 Å². The number of ether oxygens (including phenoxy) is 1. The smallest absolute Gasteiger partial charge is 0.388 e. The second-order valence-corrected chi connectivity index (χ2v) is 3.53. The Labute approximate surface area is 95.8 Å². The highest BCUT2D eigenvalue weighted by atomic mass is 19.4. The molecule has 1 unspecified atom stereocenters. The molecule has 0 aromatic heterocycles. The number of hydrogen-bond acceptors (Lipinski definition) is 2. The fraction of sp³-hybridized carbons (Fsp3) is 0.455. The maximum atomic E-state index is 13.2. The van der Waals surface area contributed by atoms with Crippen molar-refractivity contribution in [2.24, 2.45) is 0 Å². The van der Waals surface area contributed by atoms with E-state index in [2.05, 4.69) is 0 Å². The van der Waals surface area contributed by atoms with Crippen LogP contribution in [-0.4, -0.2) is 18.8 Å². The molecule has 1 aromatic rings. The average molecular weight is 252 g/mol. The Bertz CT molecular complexity index is 376. The summed E-state index contributed by atoms with van der Waals surface area (Å²) in [5.74, 6) is -1.38. The highest BCUT2D eigenvalue weighted by Crippen LogP contribution is 2.32. The van der Waals surface area contributed by atoms with Crippen molar-refractivity contribution >= 4 is 0 Å². The minimum atomic E-state index is -4.72. The molecule has 0 aliphatic heterocycles. The molecule has 17 heavy (non-hydrogen) atoms. The average Bonchev–Trinajstić information content (AvgIpc) is 2.23. The number of halogens is 4. The third kappa shape index (κ3) is 3.67. The predicted octanol–water partition coefficient (Wildman–Crippen LogP) is 2.91. The first kappa shape index (κ1) is 13.9. The number of alkyl halides is 3. The molecule has 0 amide bonds. The highest BCUT2D eigenvalue weighted by molar-refractivity contribution is 5.27. The summed E-state index contributed by atoms with van der Waals surface area (Å²) in [5.41, 5.74) is -1.23. The highest BCUT2D eigenvalue weighted by Gasteiger charge is 2.34. The maximum absolute atomic E-state index is 13.2. The molecular weight excluding hydrogens is 240 g/mol. The lowest BCUT2D eigenvalue weighted by Crippen LogP contribution is -2.09. The van der Waals surface area contributed by atoms with Crippen molar-refractivity contribution in [2.75, 3.05) is 13.7 Å². The predicted molar refractivity (Wildman–Crippen MR) is 52.9 cm³/mol. The van der Waals surface area contributed by atoms with Crippen LogP contribution in [0, 0.1) is 5.82 Å². The van der Waals surface area contributed by atoms with Gasteiger partial charge in [-0.25, -0.2) is 4.39 Å². The summed E-state index contributed by atoms with van der Waals surface area (Å²) in [6, 6.07) is 2.38. The van der Waals surface area contributed by atoms with Crippen molar-refractivity contribution in [3.05, 3.63) is 35.1 Å². The van der Waals surface area contributed by atoms with E-state index in [0.29, 0.717) is 12.1 Å². The summed E-state index contributed by atoms with van der Waals surface area (Å²) >= 11 is 0. The summed E-state index contributed by atoms with van der Waals surface area (Å²) in [6.45, 7) is 0.240. The second-order valence-electron chi connectivity index (χ2n) is 3.53. The molecule has 0 heterocycles. The van der Waals surface area contributed by atoms with Gasteiger partial charge in [0.1, 0.15) is 5.82 Å². The SMILES string of the molecule is COCCC(O)c1ccc(C(F)(F)F)c(F)c1. The Morgan fingerprint density at radius 1 is 1.35 bits per heavy atom. The van der Waals surface area contributed by atoms with Crippen molar-refractivity contribution in [2.45, 2.75) is 18.7 Å². The van der Waals surface area contributed by atoms with Gasteiger partial charge in [0.05, 0.1) is 11.7 Å². The zero-order valence-electron chi connectivity index (χ0n) is 9.09. The molecule has 0 spiro atoms. The quantitative estimate of drug-likeness (QED) is 0.835. The number of methoxy groups -OCH3 is 1. The van der Waals surface area contributed by atoms with Crippen LogP contribution in [0.15, 0.2) is 18.2 Å². The molecule has 0 saturated carbocycles. The van der Waals surface area contributed by atoms with Crippen LogP contribution in [-0.2, 0) is 10.9 Å². The Morgan fingerprint density at radius 3 is 2.47 bits per heavy atom. The van der Waals surface area contributed by atoms with Crippen LogP contribution < -0.4 is 0 Å². The van der Waals surface area contributed by atoms with Gasteiger partial charge in [0.2, 0.25) is 0 Å². The van der Waals surface area contributed by atoms with E-state index in [1.807, 2.05) is 0 Å². The Balaban J connectivity index is 2.89. The zero-order valence-corrected chi connectivity index (χ0v) is 9.09. The van der Waals surface area contributed by atoms with Crippen LogP contribution in [0.2, 0.25) is 0 Å². The monoisotopic (exact) mass is 252 g/mol. The van der Waals surface area contributed by atoms with Crippen LogP contribution in [0.3, 0.4) is 0 Å². The molecule has 0 aliphatic rings. The van der Waals surface area contributed by atoms with E-state index < -0.39 is 23.7 Å². The van der Waals surface area contributed by atoms with Gasteiger partial charge in [0.25, 0.3) is 0 Å². The van der Waals surface area contributed by atoms with E-state index in [0.717, 1.165) is 6.07 Å². The van der Waals surface area contributed by atoms with E-state index >= 15 is 0 Å². The molecular formula is C11H12F4O2. The van der Waals surface area contributed by atoms with Crippen LogP contribution in [0.25, 0.3) is 0 Å². The minimum absolute atomic E-state index is 0.104. The van der Waals surface area contributed by atoms with Crippen LogP contribution in [0.5, 0.6) is 0 Å². The van der Waals surface area contributed by atoms with Crippen molar-refractivity contribution in [1.82, 2.24) is 0 Å². The molecule has 1 rings (SSSR count). The van der Waals surface area contributed by atoms with Gasteiger partial charge in [-0.3, -0.25) is 0 Å². The first-order valence-corrected chi connectivity index (χ1v) is 4.90. The van der Waals surface area contributed by atoms with E-state index in [9.17, 15) is 22.7 Å². The largest absolute Gasteiger partial charge is 0.419 e. The number of hydrogen-bond donors (Lipinski definition) is 1. The second kappa shape index (κ2) is 5.46. The fourth-order valence-corrected chi connectivity index (χ4v) is 1.36.